The minimum absolute atomic E-state index is 0.0715. The Kier molecular flexibility index (Phi) is 4.58. The molecule has 0 bridgehead atoms. The number of furan rings is 1. The van der Waals surface area contributed by atoms with E-state index in [4.69, 9.17) is 4.42 Å². The molecule has 1 amide bonds. The number of benzene rings is 1. The summed E-state index contributed by atoms with van der Waals surface area (Å²) >= 11 is 0. The van der Waals surface area contributed by atoms with Crippen molar-refractivity contribution in [1.82, 2.24) is 9.88 Å². The fraction of sp³-hybridized carbons (Fsp3) is 0.250. The molecule has 1 aliphatic heterocycles. The second-order valence-corrected chi connectivity index (χ2v) is 6.52. The van der Waals surface area contributed by atoms with Gasteiger partial charge in [0, 0.05) is 6.20 Å². The number of nitrogens with one attached hydrogen (secondary N) is 2. The first-order valence-electron chi connectivity index (χ1n) is 8.75. The summed E-state index contributed by atoms with van der Waals surface area (Å²) in [6.45, 7) is 2.22. The highest BCUT2D eigenvalue weighted by atomic mass is 19.1. The predicted molar refractivity (Wildman–Crippen MR) is 93.9 cm³/mol. The van der Waals surface area contributed by atoms with Gasteiger partial charge in [0.05, 0.1) is 37.2 Å². The largest absolute Gasteiger partial charge is 0.467 e. The minimum atomic E-state index is -0.236. The fourth-order valence-electron chi connectivity index (χ4n) is 3.66. The lowest BCUT2D eigenvalue weighted by atomic mass is 9.99. The third kappa shape index (κ3) is 3.28. The van der Waals surface area contributed by atoms with Gasteiger partial charge in [-0.25, -0.2) is 4.39 Å². The summed E-state index contributed by atoms with van der Waals surface area (Å²) in [5.41, 5.74) is 1.66. The number of quaternary nitrogens is 1. The summed E-state index contributed by atoms with van der Waals surface area (Å²) in [6.07, 6.45) is 3.59. The number of nitrogens with zero attached hydrogens (tertiary/aromatic N) is 1. The van der Waals surface area contributed by atoms with E-state index in [1.807, 2.05) is 36.5 Å². The normalized spacial score (nSPS) is 19.1. The Hall–Kier alpha value is -2.86. The Balaban J connectivity index is 1.54. The minimum Gasteiger partial charge on any atom is -0.467 e. The quantitative estimate of drug-likeness (QED) is 0.730. The molecule has 2 atom stereocenters. The molecule has 0 saturated carbocycles. The van der Waals surface area contributed by atoms with E-state index in [-0.39, 0.29) is 24.3 Å². The molecule has 0 aliphatic carbocycles. The maximum absolute atomic E-state index is 14.5. The number of fused-ring (bicyclic) bond motifs is 1. The highest BCUT2D eigenvalue weighted by molar-refractivity contribution is 5.76. The molecule has 5 nitrogen and oxygen atoms in total. The maximum atomic E-state index is 14.5. The molecule has 0 fully saturated rings. The van der Waals surface area contributed by atoms with E-state index < -0.39 is 0 Å². The van der Waals surface area contributed by atoms with Crippen LogP contribution >= 0.6 is 0 Å². The van der Waals surface area contributed by atoms with Crippen LogP contribution in [-0.4, -0.2) is 23.6 Å². The van der Waals surface area contributed by atoms with Crippen molar-refractivity contribution in [2.24, 2.45) is 0 Å². The van der Waals surface area contributed by atoms with E-state index in [0.29, 0.717) is 17.9 Å². The topological polar surface area (TPSA) is 51.6 Å². The van der Waals surface area contributed by atoms with Crippen molar-refractivity contribution in [1.29, 1.82) is 0 Å². The number of amides is 1. The van der Waals surface area contributed by atoms with E-state index in [1.165, 1.54) is 6.07 Å². The smallest absolute Gasteiger partial charge is 0.275 e. The zero-order valence-corrected chi connectivity index (χ0v) is 14.3. The molecule has 6 heteroatoms. The average molecular weight is 354 g/mol. The molecule has 1 aromatic carbocycles. The Labute approximate surface area is 151 Å². The molecule has 134 valence electrons. The van der Waals surface area contributed by atoms with Crippen LogP contribution in [0.25, 0.3) is 0 Å². The van der Waals surface area contributed by atoms with Gasteiger partial charge in [0.15, 0.2) is 12.6 Å². The third-order valence-corrected chi connectivity index (χ3v) is 4.89. The van der Waals surface area contributed by atoms with Gasteiger partial charge in [-0.3, -0.25) is 4.79 Å². The predicted octanol–water partition coefficient (Wildman–Crippen LogP) is 1.52. The first-order chi connectivity index (χ1) is 12.7. The molecule has 3 aromatic rings. The van der Waals surface area contributed by atoms with Crippen LogP contribution in [0.5, 0.6) is 0 Å². The average Bonchev–Trinajstić information content (AvgIpc) is 3.32. The molecule has 4 rings (SSSR count). The number of hydrogen-bond donors (Lipinski definition) is 2. The number of carbonyl (C=O) groups excluding carboxylic acids is 1. The summed E-state index contributed by atoms with van der Waals surface area (Å²) < 4.78 is 21.9. The van der Waals surface area contributed by atoms with Crippen molar-refractivity contribution in [2.75, 3.05) is 13.1 Å². The van der Waals surface area contributed by atoms with Gasteiger partial charge in [-0.2, -0.15) is 0 Å². The zero-order chi connectivity index (χ0) is 17.9. The van der Waals surface area contributed by atoms with Gasteiger partial charge in [-0.15, -0.1) is 0 Å². The number of halogens is 1. The molecule has 2 N–H and O–H groups in total. The SMILES string of the molecule is O=C(C[NH+]1CCn2cccc2[C@H]1c1ccccc1F)NCc1ccco1. The van der Waals surface area contributed by atoms with E-state index in [0.717, 1.165) is 23.7 Å². The lowest BCUT2D eigenvalue weighted by Gasteiger charge is -2.34. The summed E-state index contributed by atoms with van der Waals surface area (Å²) in [7, 11) is 0. The molecule has 2 aromatic heterocycles. The third-order valence-electron chi connectivity index (χ3n) is 4.89. The van der Waals surface area contributed by atoms with Crippen LogP contribution in [-0.2, 0) is 17.9 Å². The van der Waals surface area contributed by atoms with Crippen molar-refractivity contribution < 1.29 is 18.5 Å². The first-order valence-corrected chi connectivity index (χ1v) is 8.75. The van der Waals surface area contributed by atoms with Gasteiger partial charge in [0.2, 0.25) is 0 Å². The van der Waals surface area contributed by atoms with Crippen LogP contribution in [0.3, 0.4) is 0 Å². The standard InChI is InChI=1S/C20H20FN3O2/c21-17-7-2-1-6-16(17)20-18-8-3-9-23(18)10-11-24(20)14-19(25)22-13-15-5-4-12-26-15/h1-9,12,20H,10-11,13-14H2,(H,22,25)/p+1/t20-/m1/s1. The lowest BCUT2D eigenvalue weighted by Crippen LogP contribution is -3.14. The van der Waals surface area contributed by atoms with Crippen LogP contribution < -0.4 is 10.2 Å². The number of rotatable bonds is 5. The highest BCUT2D eigenvalue weighted by Gasteiger charge is 2.35. The molecule has 26 heavy (non-hydrogen) atoms. The molecule has 0 spiro atoms. The molecule has 1 unspecified atom stereocenters. The Morgan fingerprint density at radius 3 is 2.92 bits per heavy atom. The molecule has 3 heterocycles. The molecule has 1 aliphatic rings. The Morgan fingerprint density at radius 2 is 2.12 bits per heavy atom. The summed E-state index contributed by atoms with van der Waals surface area (Å²) in [6, 6.07) is 14.2. The van der Waals surface area contributed by atoms with Gasteiger partial charge in [0.25, 0.3) is 5.91 Å². The molecular weight excluding hydrogens is 333 g/mol. The van der Waals surface area contributed by atoms with Gasteiger partial charge in [-0.05, 0) is 36.4 Å². The van der Waals surface area contributed by atoms with Gasteiger partial charge in [0.1, 0.15) is 11.6 Å². The van der Waals surface area contributed by atoms with Crippen molar-refractivity contribution in [3.63, 3.8) is 0 Å². The Bertz CT molecular complexity index is 888. The molecular formula is C20H21FN3O2+. The monoisotopic (exact) mass is 354 g/mol. The van der Waals surface area contributed by atoms with E-state index >= 15 is 0 Å². The lowest BCUT2D eigenvalue weighted by molar-refractivity contribution is -0.922. The summed E-state index contributed by atoms with van der Waals surface area (Å²) in [4.78, 5) is 13.5. The highest BCUT2D eigenvalue weighted by Crippen LogP contribution is 2.24. The van der Waals surface area contributed by atoms with Crippen molar-refractivity contribution in [2.45, 2.75) is 19.1 Å². The number of aromatic nitrogens is 1. The molecule has 0 saturated heterocycles. The summed E-state index contributed by atoms with van der Waals surface area (Å²) in [5, 5.41) is 2.88. The van der Waals surface area contributed by atoms with Crippen LogP contribution in [0.4, 0.5) is 4.39 Å². The van der Waals surface area contributed by atoms with E-state index in [9.17, 15) is 9.18 Å². The number of hydrogen-bond acceptors (Lipinski definition) is 2. The van der Waals surface area contributed by atoms with Gasteiger partial charge in [-0.1, -0.05) is 12.1 Å². The zero-order valence-electron chi connectivity index (χ0n) is 14.3. The van der Waals surface area contributed by atoms with Gasteiger partial charge < -0.3 is 19.2 Å². The second kappa shape index (κ2) is 7.17. The van der Waals surface area contributed by atoms with Crippen LogP contribution in [0.1, 0.15) is 23.1 Å². The van der Waals surface area contributed by atoms with Crippen molar-refractivity contribution >= 4 is 5.91 Å². The van der Waals surface area contributed by atoms with Crippen LogP contribution in [0, 0.1) is 5.82 Å². The van der Waals surface area contributed by atoms with Crippen LogP contribution in [0.2, 0.25) is 0 Å². The second-order valence-electron chi connectivity index (χ2n) is 6.52. The maximum Gasteiger partial charge on any atom is 0.275 e. The van der Waals surface area contributed by atoms with Crippen molar-refractivity contribution in [3.05, 3.63) is 83.8 Å². The number of carbonyl (C=O) groups is 1. The first kappa shape index (κ1) is 16.6. The fourth-order valence-corrected chi connectivity index (χ4v) is 3.66. The van der Waals surface area contributed by atoms with Crippen LogP contribution in [0.15, 0.2) is 65.4 Å². The Morgan fingerprint density at radius 1 is 1.23 bits per heavy atom. The van der Waals surface area contributed by atoms with Gasteiger partial charge >= 0.3 is 0 Å². The molecule has 0 radical (unpaired) electrons. The van der Waals surface area contributed by atoms with E-state index in [2.05, 4.69) is 9.88 Å². The summed E-state index contributed by atoms with van der Waals surface area (Å²) in [5.74, 6) is 0.407. The van der Waals surface area contributed by atoms with E-state index in [1.54, 1.807) is 18.4 Å². The van der Waals surface area contributed by atoms with Crippen molar-refractivity contribution in [3.8, 4) is 0 Å².